The van der Waals surface area contributed by atoms with Crippen LogP contribution in [0.1, 0.15) is 58.8 Å². The van der Waals surface area contributed by atoms with E-state index in [0.29, 0.717) is 30.0 Å². The molecule has 4 aromatic rings. The molecule has 0 aliphatic carbocycles. The summed E-state index contributed by atoms with van der Waals surface area (Å²) in [7, 11) is -4.11. The molecular formula is C31H27FN6O5S. The minimum absolute atomic E-state index is 0.0287. The number of aliphatic hydroxyl groups is 1. The van der Waals surface area contributed by atoms with Crippen molar-refractivity contribution in [1.29, 1.82) is 5.26 Å². The lowest BCUT2D eigenvalue weighted by molar-refractivity contribution is -0.0393. The van der Waals surface area contributed by atoms with Crippen LogP contribution in [0.3, 0.4) is 0 Å². The van der Waals surface area contributed by atoms with Crippen molar-refractivity contribution in [2.45, 2.75) is 61.7 Å². The summed E-state index contributed by atoms with van der Waals surface area (Å²) in [6, 6.07) is 14.1. The number of pyridine rings is 1. The smallest absolute Gasteiger partial charge is 0.272 e. The second kappa shape index (κ2) is 10.2. The number of sulfonamides is 1. The number of anilines is 1. The highest BCUT2D eigenvalue weighted by molar-refractivity contribution is 7.89. The number of fused-ring (bicyclic) bond motifs is 3. The second-order valence-electron chi connectivity index (χ2n) is 11.4. The molecule has 2 saturated heterocycles. The van der Waals surface area contributed by atoms with E-state index in [4.69, 9.17) is 9.78 Å². The summed E-state index contributed by atoms with van der Waals surface area (Å²) >= 11 is 0. The Labute approximate surface area is 252 Å². The first kappa shape index (κ1) is 28.1. The third-order valence-corrected chi connectivity index (χ3v) is 10.9. The van der Waals surface area contributed by atoms with Crippen molar-refractivity contribution in [3.63, 3.8) is 0 Å². The van der Waals surface area contributed by atoms with Crippen molar-refractivity contribution in [3.05, 3.63) is 88.9 Å². The first-order chi connectivity index (χ1) is 21.1. The summed E-state index contributed by atoms with van der Waals surface area (Å²) in [5.74, 6) is -1.05. The van der Waals surface area contributed by atoms with Gasteiger partial charge in [-0.2, -0.15) is 14.0 Å². The number of benzene rings is 1. The Bertz CT molecular complexity index is 1980. The molecule has 2 fully saturated rings. The molecule has 13 heteroatoms. The number of nitrogens with one attached hydrogen (secondary N) is 1. The molecule has 3 aliphatic rings. The largest absolute Gasteiger partial charge is 0.383 e. The van der Waals surface area contributed by atoms with Gasteiger partial charge in [0.25, 0.3) is 5.91 Å². The molecular weight excluding hydrogens is 587 g/mol. The normalized spacial score (nSPS) is 22.6. The van der Waals surface area contributed by atoms with E-state index in [2.05, 4.69) is 15.5 Å². The predicted octanol–water partition coefficient (Wildman–Crippen LogP) is 4.34. The van der Waals surface area contributed by atoms with Gasteiger partial charge in [0, 0.05) is 47.6 Å². The van der Waals surface area contributed by atoms with E-state index in [0.717, 1.165) is 11.6 Å². The average molecular weight is 615 g/mol. The highest BCUT2D eigenvalue weighted by Crippen LogP contribution is 2.49. The van der Waals surface area contributed by atoms with Gasteiger partial charge in [-0.1, -0.05) is 41.6 Å². The topological polar surface area (TPSA) is 154 Å². The molecule has 0 saturated carbocycles. The Kier molecular flexibility index (Phi) is 6.54. The minimum atomic E-state index is -4.11. The zero-order chi connectivity index (χ0) is 30.8. The number of carbonyl (C=O) groups is 1. The van der Waals surface area contributed by atoms with E-state index >= 15 is 0 Å². The summed E-state index contributed by atoms with van der Waals surface area (Å²) in [5, 5.41) is 27.6. The molecule has 11 nitrogen and oxygen atoms in total. The maximum atomic E-state index is 14.4. The minimum Gasteiger partial charge on any atom is -0.383 e. The van der Waals surface area contributed by atoms with Crippen LogP contribution in [-0.2, 0) is 22.2 Å². The molecule has 3 aliphatic heterocycles. The number of aromatic nitrogens is 3. The average Bonchev–Trinajstić information content (AvgIpc) is 3.76. The van der Waals surface area contributed by atoms with Crippen LogP contribution in [0.5, 0.6) is 0 Å². The van der Waals surface area contributed by atoms with Crippen molar-refractivity contribution in [2.75, 3.05) is 5.32 Å². The van der Waals surface area contributed by atoms with Crippen molar-refractivity contribution < 1.29 is 27.2 Å². The molecule has 2 bridgehead atoms. The number of nitriles is 1. The van der Waals surface area contributed by atoms with Crippen LogP contribution in [0.15, 0.2) is 64.0 Å². The van der Waals surface area contributed by atoms with Crippen LogP contribution in [0.25, 0.3) is 17.4 Å². The van der Waals surface area contributed by atoms with Crippen molar-refractivity contribution in [3.8, 4) is 17.4 Å². The van der Waals surface area contributed by atoms with Gasteiger partial charge in [0.1, 0.15) is 33.6 Å². The first-order valence-electron chi connectivity index (χ1n) is 14.2. The number of allylic oxidation sites excluding steroid dienone is 1. The number of rotatable bonds is 6. The molecule has 1 aromatic carbocycles. The molecule has 2 N–H and O–H groups in total. The molecule has 7 rings (SSSR count). The molecule has 0 spiro atoms. The van der Waals surface area contributed by atoms with Gasteiger partial charge in [-0.25, -0.2) is 13.4 Å². The second-order valence-corrected chi connectivity index (χ2v) is 13.2. The maximum Gasteiger partial charge on any atom is 0.272 e. The zero-order valence-electron chi connectivity index (χ0n) is 23.6. The standard InChI is InChI=1S/C31H27FN6O5S/c1-18-28(30(39)35-20-12-21(17-33)34-27(32)13-20)37-11-5-8-24(37)29(18)44(41,42)38-22-9-10-23(38)16-31(40,15-22)26-14-25(43-36-26)19-6-3-2-4-7-19/h2-8,12-14,22-23,40H,9-11,15-16H2,1H3,(H,34,35,39). The van der Waals surface area contributed by atoms with Gasteiger partial charge in [0.05, 0.1) is 5.69 Å². The highest BCUT2D eigenvalue weighted by atomic mass is 32.2. The fourth-order valence-corrected chi connectivity index (χ4v) is 9.21. The Morgan fingerprint density at radius 1 is 1.18 bits per heavy atom. The molecule has 0 radical (unpaired) electrons. The number of hydrogen-bond acceptors (Lipinski definition) is 8. The SMILES string of the molecule is Cc1c(S(=O)(=O)N2C3CCC2CC(O)(c2cc(-c4ccccc4)on2)C3)c2n(c1C(=O)Nc1cc(F)nc(C#N)c1)CC=C2. The van der Waals surface area contributed by atoms with E-state index in [9.17, 15) is 22.7 Å². The molecule has 6 heterocycles. The lowest BCUT2D eigenvalue weighted by atomic mass is 9.84. The number of piperidine rings is 1. The van der Waals surface area contributed by atoms with Crippen LogP contribution in [0.2, 0.25) is 0 Å². The Hall–Kier alpha value is -4.64. The van der Waals surface area contributed by atoms with E-state index in [1.165, 1.54) is 10.4 Å². The van der Waals surface area contributed by atoms with Crippen LogP contribution in [-0.4, -0.2) is 50.5 Å². The summed E-state index contributed by atoms with van der Waals surface area (Å²) in [6.07, 6.45) is 4.89. The van der Waals surface area contributed by atoms with Gasteiger partial charge in [0.2, 0.25) is 16.0 Å². The van der Waals surface area contributed by atoms with Gasteiger partial charge in [-0.15, -0.1) is 0 Å². The highest BCUT2D eigenvalue weighted by Gasteiger charge is 2.55. The predicted molar refractivity (Wildman–Crippen MR) is 156 cm³/mol. The third kappa shape index (κ3) is 4.45. The van der Waals surface area contributed by atoms with Gasteiger partial charge in [0.15, 0.2) is 5.76 Å². The molecule has 224 valence electrons. The van der Waals surface area contributed by atoms with Gasteiger partial charge in [-0.05, 0) is 44.7 Å². The fraction of sp³-hybridized carbons (Fsp3) is 0.290. The third-order valence-electron chi connectivity index (χ3n) is 8.71. The van der Waals surface area contributed by atoms with Crippen molar-refractivity contribution in [2.24, 2.45) is 0 Å². The van der Waals surface area contributed by atoms with Gasteiger partial charge >= 0.3 is 0 Å². The van der Waals surface area contributed by atoms with Gasteiger partial charge in [-0.3, -0.25) is 4.79 Å². The van der Waals surface area contributed by atoms with E-state index in [1.54, 1.807) is 35.8 Å². The number of halogens is 1. The summed E-state index contributed by atoms with van der Waals surface area (Å²) in [5.41, 5.74) is 0.432. The van der Waals surface area contributed by atoms with Gasteiger partial charge < -0.3 is 19.5 Å². The van der Waals surface area contributed by atoms with Crippen molar-refractivity contribution in [1.82, 2.24) is 19.0 Å². The molecule has 3 aromatic heterocycles. The first-order valence-corrected chi connectivity index (χ1v) is 15.6. The lowest BCUT2D eigenvalue weighted by Gasteiger charge is -2.42. The Morgan fingerprint density at radius 3 is 2.61 bits per heavy atom. The lowest BCUT2D eigenvalue weighted by Crippen LogP contribution is -2.52. The Balaban J connectivity index is 1.19. The number of hydrogen-bond donors (Lipinski definition) is 2. The van der Waals surface area contributed by atoms with E-state index in [1.807, 2.05) is 30.3 Å². The van der Waals surface area contributed by atoms with Crippen molar-refractivity contribution >= 4 is 27.7 Å². The van der Waals surface area contributed by atoms with E-state index in [-0.39, 0.29) is 46.9 Å². The van der Waals surface area contributed by atoms with Crippen LogP contribution in [0, 0.1) is 24.2 Å². The Morgan fingerprint density at radius 2 is 1.91 bits per heavy atom. The molecule has 44 heavy (non-hydrogen) atoms. The van der Waals surface area contributed by atoms with Crippen LogP contribution < -0.4 is 5.32 Å². The van der Waals surface area contributed by atoms with E-state index < -0.39 is 39.6 Å². The molecule has 1 amide bonds. The molecule has 2 atom stereocenters. The number of nitrogens with zero attached hydrogens (tertiary/aromatic N) is 5. The monoisotopic (exact) mass is 614 g/mol. The van der Waals surface area contributed by atoms with Crippen LogP contribution in [0.4, 0.5) is 10.1 Å². The number of amides is 1. The number of carbonyl (C=O) groups excluding carboxylic acids is 1. The molecule has 2 unspecified atom stereocenters. The summed E-state index contributed by atoms with van der Waals surface area (Å²) in [6.45, 7) is 1.86. The summed E-state index contributed by atoms with van der Waals surface area (Å²) < 4.78 is 51.4. The zero-order valence-corrected chi connectivity index (χ0v) is 24.4. The van der Waals surface area contributed by atoms with Crippen LogP contribution >= 0.6 is 0 Å². The quantitative estimate of drug-likeness (QED) is 0.304. The maximum absolute atomic E-state index is 14.4. The fourth-order valence-electron chi connectivity index (χ4n) is 6.93. The summed E-state index contributed by atoms with van der Waals surface area (Å²) in [4.78, 5) is 17.0.